The van der Waals surface area contributed by atoms with E-state index in [0.29, 0.717) is 0 Å². The Morgan fingerprint density at radius 1 is 0.970 bits per heavy atom. The summed E-state index contributed by atoms with van der Waals surface area (Å²) in [6, 6.07) is -1.44. The Labute approximate surface area is 201 Å². The van der Waals surface area contributed by atoms with Gasteiger partial charge in [0.1, 0.15) is 11.6 Å². The van der Waals surface area contributed by atoms with Crippen LogP contribution in [0, 0.1) is 17.8 Å². The van der Waals surface area contributed by atoms with Gasteiger partial charge in [0, 0.05) is 14.2 Å². The topological polar surface area (TPSA) is 97.0 Å². The zero-order chi connectivity index (χ0) is 26.1. The van der Waals surface area contributed by atoms with E-state index in [1.54, 1.807) is 26.1 Å². The van der Waals surface area contributed by atoms with E-state index < -0.39 is 23.8 Å². The molecule has 0 heterocycles. The number of carbonyl (C=O) groups excluding carboxylic acids is 3. The molecule has 0 aromatic rings. The molecule has 0 radical (unpaired) electrons. The van der Waals surface area contributed by atoms with Gasteiger partial charge in [-0.3, -0.25) is 14.4 Å². The van der Waals surface area contributed by atoms with E-state index in [4.69, 9.17) is 9.47 Å². The molecule has 0 spiro atoms. The number of rotatable bonds is 13. The molecular weight excluding hydrogens is 422 g/mol. The van der Waals surface area contributed by atoms with Gasteiger partial charge in [0.05, 0.1) is 24.6 Å². The van der Waals surface area contributed by atoms with Crippen LogP contribution in [0.2, 0.25) is 0 Å². The number of nitrogens with zero attached hydrogens (tertiary/aromatic N) is 1. The lowest BCUT2D eigenvalue weighted by atomic mass is 9.90. The van der Waals surface area contributed by atoms with Crippen LogP contribution in [0.3, 0.4) is 0 Å². The highest BCUT2D eigenvalue weighted by atomic mass is 16.6. The molecule has 0 aromatic heterocycles. The van der Waals surface area contributed by atoms with Crippen molar-refractivity contribution in [3.05, 3.63) is 0 Å². The molecule has 194 valence electrons. The summed E-state index contributed by atoms with van der Waals surface area (Å²) in [4.78, 5) is 40.6. The van der Waals surface area contributed by atoms with Crippen molar-refractivity contribution < 1.29 is 23.9 Å². The van der Waals surface area contributed by atoms with Crippen LogP contribution in [0.15, 0.2) is 0 Å². The fourth-order valence-electron chi connectivity index (χ4n) is 4.02. The largest absolute Gasteiger partial charge is 0.460 e. The Morgan fingerprint density at radius 2 is 1.48 bits per heavy atom. The molecule has 0 aliphatic carbocycles. The molecule has 33 heavy (non-hydrogen) atoms. The number of esters is 1. The summed E-state index contributed by atoms with van der Waals surface area (Å²) in [6.45, 7) is 17.3. The fourth-order valence-corrected chi connectivity index (χ4v) is 4.02. The van der Waals surface area contributed by atoms with E-state index in [1.165, 1.54) is 0 Å². The normalized spacial score (nSPS) is 16.7. The average molecular weight is 472 g/mol. The van der Waals surface area contributed by atoms with Crippen molar-refractivity contribution in [2.24, 2.45) is 17.8 Å². The Hall–Kier alpha value is -1.67. The number of carbonyl (C=O) groups is 3. The van der Waals surface area contributed by atoms with E-state index in [0.717, 1.165) is 6.42 Å². The van der Waals surface area contributed by atoms with Crippen LogP contribution in [0.1, 0.15) is 75.2 Å². The molecule has 0 rings (SSSR count). The molecule has 5 atom stereocenters. The molecular formula is C25H49N3O5. The third-order valence-corrected chi connectivity index (χ3v) is 5.98. The van der Waals surface area contributed by atoms with Crippen molar-refractivity contribution in [1.82, 2.24) is 15.5 Å². The molecule has 0 saturated heterocycles. The summed E-state index contributed by atoms with van der Waals surface area (Å²) in [5, 5.41) is 5.97. The molecule has 0 saturated carbocycles. The molecule has 4 unspecified atom stereocenters. The van der Waals surface area contributed by atoms with Gasteiger partial charge in [0.15, 0.2) is 0 Å². The van der Waals surface area contributed by atoms with Crippen LogP contribution in [0.25, 0.3) is 0 Å². The lowest BCUT2D eigenvalue weighted by Gasteiger charge is -2.40. The first-order valence-corrected chi connectivity index (χ1v) is 12.1. The predicted molar refractivity (Wildman–Crippen MR) is 132 cm³/mol. The van der Waals surface area contributed by atoms with Gasteiger partial charge in [-0.25, -0.2) is 0 Å². The lowest BCUT2D eigenvalue weighted by molar-refractivity contribution is -0.161. The minimum Gasteiger partial charge on any atom is -0.460 e. The molecule has 8 nitrogen and oxygen atoms in total. The summed E-state index contributed by atoms with van der Waals surface area (Å²) in [6.07, 6.45) is 0.298. The van der Waals surface area contributed by atoms with Crippen molar-refractivity contribution in [3.63, 3.8) is 0 Å². The van der Waals surface area contributed by atoms with E-state index in [9.17, 15) is 14.4 Å². The van der Waals surface area contributed by atoms with Crippen LogP contribution < -0.4 is 10.6 Å². The quantitative estimate of drug-likeness (QED) is 0.401. The zero-order valence-corrected chi connectivity index (χ0v) is 22.9. The zero-order valence-electron chi connectivity index (χ0n) is 22.9. The second-order valence-corrected chi connectivity index (χ2v) is 10.6. The highest BCUT2D eigenvalue weighted by molar-refractivity contribution is 5.90. The van der Waals surface area contributed by atoms with Crippen molar-refractivity contribution in [1.29, 1.82) is 0 Å². The van der Waals surface area contributed by atoms with Crippen molar-refractivity contribution in [3.8, 4) is 0 Å². The number of nitrogens with one attached hydrogen (secondary N) is 2. The molecule has 0 aromatic carbocycles. The Kier molecular flexibility index (Phi) is 13.2. The first kappa shape index (κ1) is 31.3. The fraction of sp³-hybridized carbons (Fsp3) is 0.880. The molecule has 0 fully saturated rings. The highest BCUT2D eigenvalue weighted by Gasteiger charge is 2.38. The number of methoxy groups -OCH3 is 1. The summed E-state index contributed by atoms with van der Waals surface area (Å²) in [5.41, 5.74) is -0.601. The SMILES string of the molecule is CCC(C)C(C(CC(=O)OC(C)(C)C)OC)N(C)C(=O)[C@@H](NC(=O)C(NC)C(C)C)C(C)C. The third-order valence-electron chi connectivity index (χ3n) is 5.98. The van der Waals surface area contributed by atoms with Gasteiger partial charge in [-0.2, -0.15) is 0 Å². The molecule has 8 heteroatoms. The summed E-state index contributed by atoms with van der Waals surface area (Å²) < 4.78 is 11.2. The Balaban J connectivity index is 5.83. The maximum absolute atomic E-state index is 13.6. The van der Waals surface area contributed by atoms with E-state index in [1.807, 2.05) is 62.3 Å². The second-order valence-electron chi connectivity index (χ2n) is 10.6. The predicted octanol–water partition coefficient (Wildman–Crippen LogP) is 2.99. The van der Waals surface area contributed by atoms with Crippen LogP contribution >= 0.6 is 0 Å². The maximum atomic E-state index is 13.6. The molecule has 2 N–H and O–H groups in total. The molecule has 0 bridgehead atoms. The first-order valence-electron chi connectivity index (χ1n) is 12.1. The van der Waals surface area contributed by atoms with E-state index in [2.05, 4.69) is 10.6 Å². The summed E-state index contributed by atoms with van der Waals surface area (Å²) in [7, 11) is 5.01. The van der Waals surface area contributed by atoms with Crippen LogP contribution in [0.4, 0.5) is 0 Å². The van der Waals surface area contributed by atoms with Gasteiger partial charge in [-0.15, -0.1) is 0 Å². The van der Waals surface area contributed by atoms with Gasteiger partial charge in [0.25, 0.3) is 0 Å². The van der Waals surface area contributed by atoms with E-state index in [-0.39, 0.29) is 48.0 Å². The monoisotopic (exact) mass is 471 g/mol. The second kappa shape index (κ2) is 13.9. The summed E-state index contributed by atoms with van der Waals surface area (Å²) in [5.74, 6) is -0.742. The molecule has 0 aliphatic rings. The van der Waals surface area contributed by atoms with Crippen molar-refractivity contribution in [2.45, 2.75) is 105 Å². The van der Waals surface area contributed by atoms with Gasteiger partial charge >= 0.3 is 5.97 Å². The first-order chi connectivity index (χ1) is 15.1. The van der Waals surface area contributed by atoms with Gasteiger partial charge in [0.2, 0.25) is 11.8 Å². The number of amides is 2. The lowest BCUT2D eigenvalue weighted by Crippen LogP contribution is -2.59. The summed E-state index contributed by atoms with van der Waals surface area (Å²) >= 11 is 0. The average Bonchev–Trinajstić information content (AvgIpc) is 2.68. The smallest absolute Gasteiger partial charge is 0.309 e. The van der Waals surface area contributed by atoms with Gasteiger partial charge in [-0.1, -0.05) is 48.0 Å². The van der Waals surface area contributed by atoms with Gasteiger partial charge in [-0.05, 0) is 45.6 Å². The molecule has 2 amide bonds. The number of hydrogen-bond donors (Lipinski definition) is 2. The minimum atomic E-state index is -0.692. The van der Waals surface area contributed by atoms with Crippen LogP contribution in [0.5, 0.6) is 0 Å². The van der Waals surface area contributed by atoms with Gasteiger partial charge < -0.3 is 25.0 Å². The van der Waals surface area contributed by atoms with Crippen molar-refractivity contribution >= 4 is 17.8 Å². The maximum Gasteiger partial charge on any atom is 0.309 e. The van der Waals surface area contributed by atoms with Crippen molar-refractivity contribution in [2.75, 3.05) is 21.2 Å². The highest BCUT2D eigenvalue weighted by Crippen LogP contribution is 2.24. The van der Waals surface area contributed by atoms with Crippen LogP contribution in [-0.4, -0.2) is 73.7 Å². The standard InChI is InChI=1S/C25H49N3O5/c1-13-17(6)22(18(32-12)14-19(29)33-25(7,8)9)28(11)24(31)21(16(4)5)27-23(30)20(26-10)15(2)3/h15-18,20-22,26H,13-14H2,1-12H3,(H,27,30)/t17?,18?,20?,21-,22?/m0/s1. The number of ether oxygens (including phenoxy) is 2. The van der Waals surface area contributed by atoms with Crippen LogP contribution in [-0.2, 0) is 23.9 Å². The third kappa shape index (κ3) is 10.0. The Bertz CT molecular complexity index is 630. The van der Waals surface area contributed by atoms with E-state index >= 15 is 0 Å². The Morgan fingerprint density at radius 3 is 1.85 bits per heavy atom. The number of hydrogen-bond acceptors (Lipinski definition) is 6. The minimum absolute atomic E-state index is 0.0360. The molecule has 0 aliphatic heterocycles. The number of likely N-dealkylation sites (N-methyl/N-ethyl adjacent to an activating group) is 2.